The van der Waals surface area contributed by atoms with Crippen LogP contribution in [0.1, 0.15) is 36.5 Å². The summed E-state index contributed by atoms with van der Waals surface area (Å²) in [4.78, 5) is 7.10. The summed E-state index contributed by atoms with van der Waals surface area (Å²) in [6, 6.07) is 16.5. The van der Waals surface area contributed by atoms with Gasteiger partial charge in [-0.15, -0.1) is 0 Å². The number of aliphatic hydroxyl groups is 1. The molecule has 1 saturated heterocycles. The standard InChI is InChI=1S/C23H31ClN4O/c1-2-25-23(27-16-20-5-3-4-6-22(20)24)26-15-18-7-9-19(10-8-18)17-28-13-11-21(29)12-14-28/h3-10,21,29H,2,11-17H2,1H3,(H2,25,26,27). The van der Waals surface area contributed by atoms with Gasteiger partial charge in [0.15, 0.2) is 5.96 Å². The number of rotatable bonds is 7. The summed E-state index contributed by atoms with van der Waals surface area (Å²) >= 11 is 6.23. The van der Waals surface area contributed by atoms with Gasteiger partial charge in [0, 0.05) is 37.7 Å². The number of aliphatic hydroxyl groups excluding tert-OH is 1. The third-order valence-electron chi connectivity index (χ3n) is 5.15. The highest BCUT2D eigenvalue weighted by Crippen LogP contribution is 2.15. The van der Waals surface area contributed by atoms with Crippen molar-refractivity contribution < 1.29 is 5.11 Å². The Morgan fingerprint density at radius 1 is 1.07 bits per heavy atom. The highest BCUT2D eigenvalue weighted by molar-refractivity contribution is 6.31. The summed E-state index contributed by atoms with van der Waals surface area (Å²) in [7, 11) is 0. The molecule has 156 valence electrons. The van der Waals surface area contributed by atoms with Gasteiger partial charge in [-0.05, 0) is 42.5 Å². The topological polar surface area (TPSA) is 59.9 Å². The summed E-state index contributed by atoms with van der Waals surface area (Å²) in [6.07, 6.45) is 1.63. The molecule has 6 heteroatoms. The van der Waals surface area contributed by atoms with Crippen LogP contribution in [0.5, 0.6) is 0 Å². The Bertz CT molecular complexity index is 786. The van der Waals surface area contributed by atoms with Gasteiger partial charge >= 0.3 is 0 Å². The van der Waals surface area contributed by atoms with Gasteiger partial charge in [-0.25, -0.2) is 4.99 Å². The zero-order valence-electron chi connectivity index (χ0n) is 17.1. The van der Waals surface area contributed by atoms with Crippen molar-refractivity contribution in [2.45, 2.75) is 45.5 Å². The lowest BCUT2D eigenvalue weighted by atomic mass is 10.1. The Morgan fingerprint density at radius 2 is 1.76 bits per heavy atom. The van der Waals surface area contributed by atoms with Crippen molar-refractivity contribution in [2.24, 2.45) is 4.99 Å². The number of nitrogens with zero attached hydrogens (tertiary/aromatic N) is 2. The highest BCUT2D eigenvalue weighted by atomic mass is 35.5. The maximum absolute atomic E-state index is 9.63. The van der Waals surface area contributed by atoms with Crippen molar-refractivity contribution in [2.75, 3.05) is 19.6 Å². The molecule has 1 heterocycles. The third-order valence-corrected chi connectivity index (χ3v) is 5.52. The highest BCUT2D eigenvalue weighted by Gasteiger charge is 2.16. The molecule has 0 radical (unpaired) electrons. The van der Waals surface area contributed by atoms with Crippen LogP contribution in [0.2, 0.25) is 5.02 Å². The van der Waals surface area contributed by atoms with E-state index in [0.717, 1.165) is 55.6 Å². The molecule has 3 rings (SSSR count). The molecule has 29 heavy (non-hydrogen) atoms. The molecule has 0 bridgehead atoms. The maximum atomic E-state index is 9.63. The molecular weight excluding hydrogens is 384 g/mol. The van der Waals surface area contributed by atoms with E-state index in [1.165, 1.54) is 11.1 Å². The van der Waals surface area contributed by atoms with E-state index < -0.39 is 0 Å². The SMILES string of the molecule is CCNC(=NCc1ccc(CN2CCC(O)CC2)cc1)NCc1ccccc1Cl. The number of aliphatic imine (C=N–C) groups is 1. The lowest BCUT2D eigenvalue weighted by molar-refractivity contribution is 0.0792. The Balaban J connectivity index is 1.52. The lowest BCUT2D eigenvalue weighted by Gasteiger charge is -2.29. The fourth-order valence-corrected chi connectivity index (χ4v) is 3.62. The second-order valence-electron chi connectivity index (χ2n) is 7.46. The zero-order chi connectivity index (χ0) is 20.5. The van der Waals surface area contributed by atoms with E-state index in [9.17, 15) is 5.11 Å². The lowest BCUT2D eigenvalue weighted by Crippen LogP contribution is -2.36. The number of halogens is 1. The number of hydrogen-bond donors (Lipinski definition) is 3. The van der Waals surface area contributed by atoms with E-state index in [-0.39, 0.29) is 6.10 Å². The zero-order valence-corrected chi connectivity index (χ0v) is 17.8. The second kappa shape index (κ2) is 11.2. The van der Waals surface area contributed by atoms with E-state index in [1.807, 2.05) is 24.3 Å². The average Bonchev–Trinajstić information content (AvgIpc) is 2.74. The summed E-state index contributed by atoms with van der Waals surface area (Å²) in [5.74, 6) is 0.781. The predicted molar refractivity (Wildman–Crippen MR) is 120 cm³/mol. The molecule has 1 fully saturated rings. The molecule has 0 spiro atoms. The third kappa shape index (κ3) is 7.03. The fraction of sp³-hybridized carbons (Fsp3) is 0.435. The summed E-state index contributed by atoms with van der Waals surface area (Å²) < 4.78 is 0. The van der Waals surface area contributed by atoms with Crippen LogP contribution in [0.15, 0.2) is 53.5 Å². The molecule has 0 unspecified atom stereocenters. The van der Waals surface area contributed by atoms with E-state index >= 15 is 0 Å². The largest absolute Gasteiger partial charge is 0.393 e. The van der Waals surface area contributed by atoms with Crippen molar-refractivity contribution in [3.8, 4) is 0 Å². The molecule has 0 amide bonds. The Hall–Kier alpha value is -2.08. The molecule has 0 aliphatic carbocycles. The molecular formula is C23H31ClN4O. The minimum absolute atomic E-state index is 0.121. The maximum Gasteiger partial charge on any atom is 0.191 e. The molecule has 0 atom stereocenters. The van der Waals surface area contributed by atoms with E-state index in [4.69, 9.17) is 16.6 Å². The first kappa shape index (κ1) is 21.6. The molecule has 5 nitrogen and oxygen atoms in total. The second-order valence-corrected chi connectivity index (χ2v) is 7.87. The van der Waals surface area contributed by atoms with Crippen LogP contribution in [0.25, 0.3) is 0 Å². The summed E-state index contributed by atoms with van der Waals surface area (Å²) in [5, 5.41) is 17.0. The van der Waals surface area contributed by atoms with Gasteiger partial charge in [0.05, 0.1) is 12.6 Å². The van der Waals surface area contributed by atoms with Crippen LogP contribution in [0.4, 0.5) is 0 Å². The van der Waals surface area contributed by atoms with Gasteiger partial charge < -0.3 is 15.7 Å². The van der Waals surface area contributed by atoms with Crippen LogP contribution in [-0.2, 0) is 19.6 Å². The van der Waals surface area contributed by atoms with Crippen LogP contribution < -0.4 is 10.6 Å². The first-order valence-electron chi connectivity index (χ1n) is 10.4. The number of likely N-dealkylation sites (tertiary alicyclic amines) is 1. The number of hydrogen-bond acceptors (Lipinski definition) is 3. The minimum Gasteiger partial charge on any atom is -0.393 e. The Morgan fingerprint density at radius 3 is 2.45 bits per heavy atom. The molecule has 2 aromatic rings. The predicted octanol–water partition coefficient (Wildman–Crippen LogP) is 3.55. The molecule has 0 saturated carbocycles. The van der Waals surface area contributed by atoms with Gasteiger partial charge in [-0.2, -0.15) is 0 Å². The number of guanidine groups is 1. The monoisotopic (exact) mass is 414 g/mol. The van der Waals surface area contributed by atoms with Crippen molar-refractivity contribution in [1.82, 2.24) is 15.5 Å². The molecule has 2 aromatic carbocycles. The van der Waals surface area contributed by atoms with Crippen molar-refractivity contribution in [3.05, 3.63) is 70.2 Å². The van der Waals surface area contributed by atoms with Crippen molar-refractivity contribution >= 4 is 17.6 Å². The number of nitrogens with one attached hydrogen (secondary N) is 2. The Kier molecular flexibility index (Phi) is 8.35. The molecule has 0 aromatic heterocycles. The van der Waals surface area contributed by atoms with E-state index in [0.29, 0.717) is 13.1 Å². The summed E-state index contributed by atoms with van der Waals surface area (Å²) in [6.45, 7) is 6.99. The number of benzene rings is 2. The Labute approximate surface area is 178 Å². The summed E-state index contributed by atoms with van der Waals surface area (Å²) in [5.41, 5.74) is 3.53. The first-order valence-corrected chi connectivity index (χ1v) is 10.8. The van der Waals surface area contributed by atoms with Gasteiger partial charge in [-0.1, -0.05) is 54.1 Å². The van der Waals surface area contributed by atoms with Gasteiger partial charge in [0.25, 0.3) is 0 Å². The van der Waals surface area contributed by atoms with Crippen LogP contribution >= 0.6 is 11.6 Å². The smallest absolute Gasteiger partial charge is 0.191 e. The van der Waals surface area contributed by atoms with Crippen LogP contribution in [-0.4, -0.2) is 41.7 Å². The van der Waals surface area contributed by atoms with E-state index in [1.54, 1.807) is 0 Å². The molecule has 1 aliphatic rings. The number of piperidine rings is 1. The fourth-order valence-electron chi connectivity index (χ4n) is 3.42. The molecule has 3 N–H and O–H groups in total. The van der Waals surface area contributed by atoms with Crippen LogP contribution in [0.3, 0.4) is 0 Å². The quantitative estimate of drug-likeness (QED) is 0.479. The normalized spacial score (nSPS) is 16.0. The molecule has 1 aliphatic heterocycles. The first-order chi connectivity index (χ1) is 14.1. The average molecular weight is 415 g/mol. The van der Waals surface area contributed by atoms with Crippen molar-refractivity contribution in [3.63, 3.8) is 0 Å². The minimum atomic E-state index is -0.121. The van der Waals surface area contributed by atoms with Crippen LogP contribution in [0, 0.1) is 0 Å². The van der Waals surface area contributed by atoms with Gasteiger partial charge in [0.1, 0.15) is 0 Å². The van der Waals surface area contributed by atoms with Gasteiger partial charge in [0.2, 0.25) is 0 Å². The van der Waals surface area contributed by atoms with Crippen molar-refractivity contribution in [1.29, 1.82) is 0 Å². The van der Waals surface area contributed by atoms with E-state index in [2.05, 4.69) is 46.7 Å². The van der Waals surface area contributed by atoms with Gasteiger partial charge in [-0.3, -0.25) is 4.90 Å².